The molecule has 0 spiro atoms. The Balaban J connectivity index is 2.42. The van der Waals surface area contributed by atoms with Crippen molar-refractivity contribution in [2.24, 2.45) is 0 Å². The lowest BCUT2D eigenvalue weighted by Crippen LogP contribution is -2.14. The van der Waals surface area contributed by atoms with Gasteiger partial charge in [-0.05, 0) is 11.6 Å². The fourth-order valence-corrected chi connectivity index (χ4v) is 1.12. The summed E-state index contributed by atoms with van der Waals surface area (Å²) in [5, 5.41) is 0. The van der Waals surface area contributed by atoms with Gasteiger partial charge in [-0.2, -0.15) is 0 Å². The van der Waals surface area contributed by atoms with Crippen LogP contribution in [0.25, 0.3) is 0 Å². The summed E-state index contributed by atoms with van der Waals surface area (Å²) in [5.74, 6) is 0.0795. The van der Waals surface area contributed by atoms with Gasteiger partial charge >= 0.3 is 12.3 Å². The van der Waals surface area contributed by atoms with Crippen molar-refractivity contribution in [3.63, 3.8) is 0 Å². The first kappa shape index (κ1) is 9.72. The van der Waals surface area contributed by atoms with Crippen molar-refractivity contribution in [3.8, 4) is 11.6 Å². The Hall–Kier alpha value is -1.82. The van der Waals surface area contributed by atoms with Crippen LogP contribution in [0.3, 0.4) is 0 Å². The molecule has 1 aromatic heterocycles. The first-order valence-electron chi connectivity index (χ1n) is 3.85. The molecular weight excluding hydrogens is 226 g/mol. The van der Waals surface area contributed by atoms with E-state index in [0.29, 0.717) is 5.56 Å². The Morgan fingerprint density at radius 1 is 1.20 bits per heavy atom. The maximum atomic E-state index is 10.8. The molecule has 0 amide bonds. The number of nitrogens with zero attached hydrogens (tertiary/aromatic N) is 1. The smallest absolute Gasteiger partial charge is 0.389 e. The highest BCUT2D eigenvalue weighted by Crippen LogP contribution is 2.28. The molecule has 6 nitrogen and oxygen atoms in total. The number of aromatic nitrogens is 1. The third-order valence-electron chi connectivity index (χ3n) is 1.57. The van der Waals surface area contributed by atoms with Crippen molar-refractivity contribution in [1.29, 1.82) is 0 Å². The van der Waals surface area contributed by atoms with Crippen molar-refractivity contribution >= 4 is 23.9 Å². The lowest BCUT2D eigenvalue weighted by atomic mass is 10.3. The number of alkyl halides is 1. The lowest BCUT2D eigenvalue weighted by Gasteiger charge is -2.02. The number of halogens is 1. The van der Waals surface area contributed by atoms with Crippen LogP contribution in [-0.2, 0) is 10.6 Å². The summed E-state index contributed by atoms with van der Waals surface area (Å²) in [5.41, 5.74) is 0.626. The van der Waals surface area contributed by atoms with Gasteiger partial charge in [0, 0.05) is 12.1 Å². The zero-order valence-electron chi connectivity index (χ0n) is 7.23. The summed E-state index contributed by atoms with van der Waals surface area (Å²) in [6, 6.07) is 1.44. The van der Waals surface area contributed by atoms with Crippen LogP contribution in [0.1, 0.15) is 5.56 Å². The molecule has 2 heterocycles. The molecule has 0 N–H and O–H groups in total. The van der Waals surface area contributed by atoms with Crippen LogP contribution in [0.4, 0.5) is 9.59 Å². The van der Waals surface area contributed by atoms with Gasteiger partial charge in [-0.3, -0.25) is 0 Å². The molecule has 15 heavy (non-hydrogen) atoms. The topological polar surface area (TPSA) is 74.7 Å². The minimum absolute atomic E-state index is 0.00370. The van der Waals surface area contributed by atoms with E-state index in [1.807, 2.05) is 0 Å². The largest absolute Gasteiger partial charge is 0.525 e. The molecule has 0 aliphatic carbocycles. The van der Waals surface area contributed by atoms with Crippen LogP contribution in [0.5, 0.6) is 11.6 Å². The molecule has 7 heteroatoms. The first-order chi connectivity index (χ1) is 7.19. The van der Waals surface area contributed by atoms with Crippen molar-refractivity contribution in [2.75, 3.05) is 0 Å². The van der Waals surface area contributed by atoms with E-state index in [1.54, 1.807) is 0 Å². The SMILES string of the molecule is O=C1OC(=O)Oc2ncc(CCl)cc2O1. The predicted molar refractivity (Wildman–Crippen MR) is 46.9 cm³/mol. The van der Waals surface area contributed by atoms with Gasteiger partial charge in [0.2, 0.25) is 0 Å². The second-order valence-corrected chi connectivity index (χ2v) is 2.85. The molecule has 1 aromatic rings. The minimum Gasteiger partial charge on any atom is -0.389 e. The average molecular weight is 230 g/mol. The first-order valence-corrected chi connectivity index (χ1v) is 4.39. The third kappa shape index (κ3) is 1.99. The quantitative estimate of drug-likeness (QED) is 0.416. The molecule has 1 aliphatic heterocycles. The Bertz CT molecular complexity index is 433. The Kier molecular flexibility index (Phi) is 2.42. The fourth-order valence-electron chi connectivity index (χ4n) is 0.974. The fraction of sp³-hybridized carbons (Fsp3) is 0.125. The molecule has 0 saturated carbocycles. The molecule has 1 aliphatic rings. The number of rotatable bonds is 1. The van der Waals surface area contributed by atoms with Crippen LogP contribution in [0.2, 0.25) is 0 Å². The van der Waals surface area contributed by atoms with Crippen LogP contribution in [0, 0.1) is 0 Å². The number of hydrogen-bond donors (Lipinski definition) is 0. The number of hydrogen-bond acceptors (Lipinski definition) is 6. The van der Waals surface area contributed by atoms with Gasteiger partial charge in [0.25, 0.3) is 5.88 Å². The van der Waals surface area contributed by atoms with Gasteiger partial charge in [-0.25, -0.2) is 14.6 Å². The third-order valence-corrected chi connectivity index (χ3v) is 1.88. The lowest BCUT2D eigenvalue weighted by molar-refractivity contribution is 0.0993. The monoisotopic (exact) mass is 229 g/mol. The highest BCUT2D eigenvalue weighted by molar-refractivity contribution is 6.17. The van der Waals surface area contributed by atoms with Crippen LogP contribution in [0.15, 0.2) is 12.3 Å². The molecule has 0 bridgehead atoms. The minimum atomic E-state index is -1.18. The Morgan fingerprint density at radius 2 is 1.93 bits per heavy atom. The van der Waals surface area contributed by atoms with Crippen molar-refractivity contribution < 1.29 is 23.8 Å². The van der Waals surface area contributed by atoms with Crippen molar-refractivity contribution in [1.82, 2.24) is 4.98 Å². The molecule has 0 radical (unpaired) electrons. The summed E-state index contributed by atoms with van der Waals surface area (Å²) >= 11 is 5.56. The molecule has 0 atom stereocenters. The standard InChI is InChI=1S/C8H4ClNO5/c9-2-4-1-5-6(10-3-4)14-8(12)15-7(11)13-5/h1,3H,2H2. The summed E-state index contributed by atoms with van der Waals surface area (Å²) in [6.45, 7) is 0. The van der Waals surface area contributed by atoms with Gasteiger partial charge in [0.1, 0.15) is 0 Å². The number of carbonyl (C=O) groups is 2. The molecular formula is C8H4ClNO5. The second-order valence-electron chi connectivity index (χ2n) is 2.59. The summed E-state index contributed by atoms with van der Waals surface area (Å²) in [4.78, 5) is 25.4. The predicted octanol–water partition coefficient (Wildman–Crippen LogP) is 1.85. The number of carbonyl (C=O) groups excluding carboxylic acids is 2. The zero-order chi connectivity index (χ0) is 10.8. The molecule has 0 saturated heterocycles. The second kappa shape index (κ2) is 3.74. The van der Waals surface area contributed by atoms with E-state index in [0.717, 1.165) is 0 Å². The van der Waals surface area contributed by atoms with Crippen LogP contribution >= 0.6 is 11.6 Å². The van der Waals surface area contributed by atoms with Crippen LogP contribution in [-0.4, -0.2) is 17.3 Å². The number of pyridine rings is 1. The van der Waals surface area contributed by atoms with Gasteiger partial charge in [-0.1, -0.05) is 0 Å². The van der Waals surface area contributed by atoms with Gasteiger partial charge < -0.3 is 14.2 Å². The maximum absolute atomic E-state index is 10.8. The number of ether oxygens (including phenoxy) is 3. The number of cyclic esters (lactones) is 2. The maximum Gasteiger partial charge on any atom is 0.525 e. The Labute approximate surface area is 88.7 Å². The van der Waals surface area contributed by atoms with Gasteiger partial charge in [0.15, 0.2) is 5.75 Å². The highest BCUT2D eigenvalue weighted by atomic mass is 35.5. The zero-order valence-corrected chi connectivity index (χ0v) is 7.98. The van der Waals surface area contributed by atoms with Gasteiger partial charge in [0.05, 0.1) is 0 Å². The molecule has 0 aromatic carbocycles. The van der Waals surface area contributed by atoms with E-state index in [2.05, 4.69) is 19.2 Å². The normalized spacial score (nSPS) is 14.5. The molecule has 0 unspecified atom stereocenters. The van der Waals surface area contributed by atoms with E-state index in [9.17, 15) is 9.59 Å². The summed E-state index contributed by atoms with van der Waals surface area (Å²) in [7, 11) is 0. The highest BCUT2D eigenvalue weighted by Gasteiger charge is 2.25. The Morgan fingerprint density at radius 3 is 2.67 bits per heavy atom. The average Bonchev–Trinajstić information content (AvgIpc) is 2.33. The number of fused-ring (bicyclic) bond motifs is 1. The van der Waals surface area contributed by atoms with Gasteiger partial charge in [-0.15, -0.1) is 11.6 Å². The van der Waals surface area contributed by atoms with Crippen molar-refractivity contribution in [3.05, 3.63) is 17.8 Å². The van der Waals surface area contributed by atoms with E-state index in [1.165, 1.54) is 12.3 Å². The molecule has 78 valence electrons. The molecule has 2 rings (SSSR count). The van der Waals surface area contributed by atoms with E-state index >= 15 is 0 Å². The van der Waals surface area contributed by atoms with E-state index in [-0.39, 0.29) is 17.5 Å². The van der Waals surface area contributed by atoms with Crippen LogP contribution < -0.4 is 9.47 Å². The molecule has 0 fully saturated rings. The van der Waals surface area contributed by atoms with E-state index < -0.39 is 12.3 Å². The van der Waals surface area contributed by atoms with E-state index in [4.69, 9.17) is 11.6 Å². The summed E-state index contributed by atoms with van der Waals surface area (Å²) in [6.07, 6.45) is -0.935. The summed E-state index contributed by atoms with van der Waals surface area (Å²) < 4.78 is 13.3. The van der Waals surface area contributed by atoms with Crippen molar-refractivity contribution in [2.45, 2.75) is 5.88 Å².